The number of carbonyl (C=O) groups excluding carboxylic acids is 1. The van der Waals surface area contributed by atoms with Crippen molar-refractivity contribution in [1.82, 2.24) is 20.1 Å². The van der Waals surface area contributed by atoms with E-state index in [-0.39, 0.29) is 45.1 Å². The number of primary amides is 1. The fraction of sp³-hybridized carbons (Fsp3) is 0.179. The van der Waals surface area contributed by atoms with Crippen LogP contribution in [-0.4, -0.2) is 39.2 Å². The standard InChI is InChI=1S/C28H19ClF7N7O3/c29-18-4-6-22(42-13-23(39-40-42)28(34,35)36)24(25(18)31)15-2-5-21(43(45)12-15)20(7-8-46-27(32)33)41-11-16(10-38-41)14-1-3-17(26(37)44)19(30)9-14/h1-6,9-13,20,27H,7-8H2,(H2,37,44)/p+1/t20-/m1/s1. The Labute approximate surface area is 259 Å². The second-order valence-corrected chi connectivity index (χ2v) is 10.1. The van der Waals surface area contributed by atoms with Gasteiger partial charge in [0.15, 0.2) is 23.9 Å². The summed E-state index contributed by atoms with van der Waals surface area (Å²) in [7, 11) is 0. The van der Waals surface area contributed by atoms with Crippen molar-refractivity contribution < 1.29 is 49.7 Å². The smallest absolute Gasteiger partial charge is 0.464 e. The second-order valence-electron chi connectivity index (χ2n) is 9.72. The lowest BCUT2D eigenvalue weighted by molar-refractivity contribution is -0.659. The lowest BCUT2D eigenvalue weighted by Crippen LogP contribution is -2.36. The normalized spacial score (nSPS) is 12.5. The third-order valence-electron chi connectivity index (χ3n) is 6.85. The number of nitrogens with one attached hydrogen (secondary N) is 1. The number of nitrogens with two attached hydrogens (primary N) is 1. The first-order valence-electron chi connectivity index (χ1n) is 13.0. The number of hydrogen-bond donors (Lipinski definition) is 2. The number of nitrogens with zero attached hydrogens (tertiary/aromatic N) is 5. The Hall–Kier alpha value is -5.03. The van der Waals surface area contributed by atoms with E-state index in [2.05, 4.69) is 20.1 Å². The van der Waals surface area contributed by atoms with Gasteiger partial charge in [-0.2, -0.15) is 31.8 Å². The molecule has 1 amide bonds. The number of aromatic amines is 1. The first-order valence-corrected chi connectivity index (χ1v) is 13.4. The topological polar surface area (TPSA) is 130 Å². The maximum Gasteiger partial charge on any atom is 0.464 e. The maximum atomic E-state index is 15.4. The fourth-order valence-electron chi connectivity index (χ4n) is 4.70. The van der Waals surface area contributed by atoms with Crippen molar-refractivity contribution in [3.8, 4) is 27.9 Å². The highest BCUT2D eigenvalue weighted by Gasteiger charge is 2.41. The number of alkyl halides is 5. The summed E-state index contributed by atoms with van der Waals surface area (Å²) in [6.45, 7) is -3.63. The van der Waals surface area contributed by atoms with Gasteiger partial charge >= 0.3 is 18.5 Å². The number of ether oxygens (including phenoxy) is 1. The molecule has 0 spiro atoms. The molecule has 0 bridgehead atoms. The summed E-state index contributed by atoms with van der Waals surface area (Å²) < 4.78 is 102. The van der Waals surface area contributed by atoms with Crippen molar-refractivity contribution in [2.24, 2.45) is 5.73 Å². The summed E-state index contributed by atoms with van der Waals surface area (Å²) in [6, 6.07) is 7.45. The van der Waals surface area contributed by atoms with Gasteiger partial charge in [-0.1, -0.05) is 22.9 Å². The van der Waals surface area contributed by atoms with E-state index in [9.17, 15) is 36.3 Å². The third-order valence-corrected chi connectivity index (χ3v) is 7.14. The molecule has 0 aliphatic rings. The summed E-state index contributed by atoms with van der Waals surface area (Å²) in [5.74, 6) is -2.90. The van der Waals surface area contributed by atoms with Crippen LogP contribution in [0.5, 0.6) is 0 Å². The van der Waals surface area contributed by atoms with Crippen molar-refractivity contribution in [3.63, 3.8) is 0 Å². The van der Waals surface area contributed by atoms with Crippen molar-refractivity contribution in [2.45, 2.75) is 25.3 Å². The zero-order valence-electron chi connectivity index (χ0n) is 23.0. The van der Waals surface area contributed by atoms with Crippen LogP contribution in [0.25, 0.3) is 27.9 Å². The molecule has 0 fully saturated rings. The molecular weight excluding hydrogens is 651 g/mol. The van der Waals surface area contributed by atoms with Crippen LogP contribution in [0.15, 0.2) is 67.3 Å². The van der Waals surface area contributed by atoms with E-state index in [4.69, 9.17) is 17.3 Å². The highest BCUT2D eigenvalue weighted by molar-refractivity contribution is 6.31. The molecule has 1 atom stereocenters. The molecule has 5 aromatic rings. The van der Waals surface area contributed by atoms with Gasteiger partial charge in [0.1, 0.15) is 11.9 Å². The molecule has 0 saturated carbocycles. The Morgan fingerprint density at radius 1 is 1.09 bits per heavy atom. The van der Waals surface area contributed by atoms with Crippen LogP contribution in [0.2, 0.25) is 5.02 Å². The van der Waals surface area contributed by atoms with Crippen LogP contribution >= 0.6 is 11.6 Å². The Morgan fingerprint density at radius 3 is 2.46 bits per heavy atom. The Bertz CT molecular complexity index is 1910. The number of benzene rings is 2. The van der Waals surface area contributed by atoms with Crippen LogP contribution in [0.4, 0.5) is 30.7 Å². The van der Waals surface area contributed by atoms with Gasteiger partial charge in [0, 0.05) is 24.2 Å². The zero-order chi connectivity index (χ0) is 33.3. The minimum absolute atomic E-state index is 0.0657. The molecule has 0 saturated heterocycles. The zero-order valence-corrected chi connectivity index (χ0v) is 23.7. The first kappa shape index (κ1) is 32.4. The van der Waals surface area contributed by atoms with E-state index in [0.717, 1.165) is 23.0 Å². The number of hydrogen-bond acceptors (Lipinski definition) is 5. The largest absolute Gasteiger partial charge is 0.618 e. The molecule has 0 radical (unpaired) electrons. The lowest BCUT2D eigenvalue weighted by atomic mass is 10.0. The quantitative estimate of drug-likeness (QED) is 0.121. The molecule has 5 rings (SSSR count). The summed E-state index contributed by atoms with van der Waals surface area (Å²) in [5.41, 5.74) is 3.48. The molecule has 240 valence electrons. The highest BCUT2D eigenvalue weighted by Crippen LogP contribution is 2.33. The third kappa shape index (κ3) is 6.64. The number of rotatable bonds is 10. The van der Waals surface area contributed by atoms with Gasteiger partial charge < -0.3 is 15.7 Å². The van der Waals surface area contributed by atoms with Crippen LogP contribution in [0.3, 0.4) is 0 Å². The van der Waals surface area contributed by atoms with Crippen LogP contribution in [0.1, 0.15) is 34.2 Å². The van der Waals surface area contributed by atoms with Crippen molar-refractivity contribution in [1.29, 1.82) is 0 Å². The molecule has 46 heavy (non-hydrogen) atoms. The summed E-state index contributed by atoms with van der Waals surface area (Å²) >= 11 is 5.96. The predicted molar refractivity (Wildman–Crippen MR) is 145 cm³/mol. The molecule has 0 aliphatic heterocycles. The van der Waals surface area contributed by atoms with E-state index in [1.165, 1.54) is 47.4 Å². The second kappa shape index (κ2) is 12.8. The molecule has 3 N–H and O–H groups in total. The summed E-state index contributed by atoms with van der Waals surface area (Å²) in [5, 5.41) is 22.5. The first-order chi connectivity index (χ1) is 21.7. The average molecular weight is 671 g/mol. The van der Waals surface area contributed by atoms with Crippen LogP contribution in [0, 0.1) is 16.8 Å². The summed E-state index contributed by atoms with van der Waals surface area (Å²) in [6.07, 6.45) is -0.771. The number of carbonyl (C=O) groups is 1. The Kier molecular flexibility index (Phi) is 8.98. The van der Waals surface area contributed by atoms with E-state index in [1.54, 1.807) is 0 Å². The number of pyridine rings is 1. The van der Waals surface area contributed by atoms with E-state index in [1.807, 2.05) is 0 Å². The molecule has 10 nitrogen and oxygen atoms in total. The molecule has 0 aliphatic carbocycles. The predicted octanol–water partition coefficient (Wildman–Crippen LogP) is 5.12. The van der Waals surface area contributed by atoms with Gasteiger partial charge in [0.2, 0.25) is 5.69 Å². The van der Waals surface area contributed by atoms with Gasteiger partial charge in [0.25, 0.3) is 5.91 Å². The molecule has 18 heteroatoms. The molecule has 2 aromatic carbocycles. The van der Waals surface area contributed by atoms with E-state index < -0.39 is 48.7 Å². The molecule has 3 heterocycles. The number of amides is 1. The molecule has 0 unspecified atom stereocenters. The van der Waals surface area contributed by atoms with Crippen LogP contribution < -0.4 is 15.1 Å². The minimum Gasteiger partial charge on any atom is -0.618 e. The summed E-state index contributed by atoms with van der Waals surface area (Å²) in [4.78, 5) is 11.4. The van der Waals surface area contributed by atoms with Gasteiger partial charge in [-0.25, -0.2) is 8.78 Å². The highest BCUT2D eigenvalue weighted by atomic mass is 35.5. The van der Waals surface area contributed by atoms with E-state index >= 15 is 4.39 Å². The number of H-pyrrole nitrogens is 1. The van der Waals surface area contributed by atoms with Crippen molar-refractivity contribution >= 4 is 17.5 Å². The lowest BCUT2D eigenvalue weighted by Gasteiger charge is -2.18. The molecule has 3 aromatic heterocycles. The number of halogens is 8. The monoisotopic (exact) mass is 670 g/mol. The van der Waals surface area contributed by atoms with Crippen molar-refractivity contribution in [2.75, 3.05) is 6.61 Å². The van der Waals surface area contributed by atoms with Crippen LogP contribution in [-0.2, 0) is 10.9 Å². The average Bonchev–Trinajstić information content (AvgIpc) is 3.68. The van der Waals surface area contributed by atoms with Gasteiger partial charge in [-0.05, 0) is 35.9 Å². The van der Waals surface area contributed by atoms with Gasteiger partial charge in [-0.15, -0.1) is 4.68 Å². The minimum atomic E-state index is -4.80. The Balaban J connectivity index is 1.54. The van der Waals surface area contributed by atoms with Gasteiger partial charge in [-0.3, -0.25) is 9.48 Å². The van der Waals surface area contributed by atoms with Gasteiger partial charge in [0.05, 0.1) is 39.6 Å². The Morgan fingerprint density at radius 2 is 1.83 bits per heavy atom. The molecular formula is C28H20ClF7N7O3+. The van der Waals surface area contributed by atoms with Crippen molar-refractivity contribution in [3.05, 3.63) is 106 Å². The number of aromatic nitrogens is 6. The SMILES string of the molecule is NC(=O)c1ccc(-c2cnn([C@H](CCOC(F)F)c3ccc(-c4c(-[n+]5cc(C(F)(F)F)n[nH]5)ccc(Cl)c4F)c[n+]3[O-])c2)cc1F. The van der Waals surface area contributed by atoms with E-state index in [0.29, 0.717) is 16.5 Å². The fourth-order valence-corrected chi connectivity index (χ4v) is 4.86. The maximum absolute atomic E-state index is 15.4.